The molecule has 0 radical (unpaired) electrons. The van der Waals surface area contributed by atoms with Crippen molar-refractivity contribution in [3.63, 3.8) is 0 Å². The molecule has 2 atom stereocenters. The molecule has 2 nitrogen and oxygen atoms in total. The van der Waals surface area contributed by atoms with Gasteiger partial charge in [-0.2, -0.15) is 0 Å². The summed E-state index contributed by atoms with van der Waals surface area (Å²) in [6, 6.07) is 0. The molecule has 1 rings (SSSR count). The Morgan fingerprint density at radius 3 is 2.40 bits per heavy atom. The summed E-state index contributed by atoms with van der Waals surface area (Å²) >= 11 is 0. The van der Waals surface area contributed by atoms with Crippen molar-refractivity contribution >= 4 is 5.78 Å². The zero-order chi connectivity index (χ0) is 15.2. The number of Topliss-reactive ketones (excluding diaryl/α,β-unsaturated/α-hetero) is 1. The molecule has 1 aliphatic heterocycles. The summed E-state index contributed by atoms with van der Waals surface area (Å²) < 4.78 is 5.87. The van der Waals surface area contributed by atoms with Crippen molar-refractivity contribution in [2.24, 2.45) is 0 Å². The lowest BCUT2D eigenvalue weighted by molar-refractivity contribution is -0.116. The summed E-state index contributed by atoms with van der Waals surface area (Å²) in [5.74, 6) is 0.270. The van der Waals surface area contributed by atoms with Gasteiger partial charge in [-0.3, -0.25) is 0 Å². The van der Waals surface area contributed by atoms with Crippen LogP contribution >= 0.6 is 0 Å². The number of ketones is 1. The Morgan fingerprint density at radius 2 is 1.80 bits per heavy atom. The van der Waals surface area contributed by atoms with E-state index in [1.165, 1.54) is 11.1 Å². The highest BCUT2D eigenvalue weighted by atomic mass is 16.6. The summed E-state index contributed by atoms with van der Waals surface area (Å²) in [6.07, 6.45) is 10.9. The van der Waals surface area contributed by atoms with Gasteiger partial charge in [0.2, 0.25) is 0 Å². The van der Waals surface area contributed by atoms with E-state index in [-0.39, 0.29) is 11.4 Å². The minimum atomic E-state index is 0.103. The predicted octanol–water partition coefficient (Wildman–Crippen LogP) is 4.99. The highest BCUT2D eigenvalue weighted by molar-refractivity contribution is 5.75. The second kappa shape index (κ2) is 7.78. The summed E-state index contributed by atoms with van der Waals surface area (Å²) in [6.45, 7) is 10.3. The van der Waals surface area contributed by atoms with Crippen LogP contribution in [0.25, 0.3) is 0 Å². The van der Waals surface area contributed by atoms with E-state index in [4.69, 9.17) is 4.74 Å². The molecule has 0 spiro atoms. The van der Waals surface area contributed by atoms with Crippen LogP contribution in [0, 0.1) is 0 Å². The smallest absolute Gasteiger partial charge is 0.130 e. The van der Waals surface area contributed by atoms with Gasteiger partial charge in [0, 0.05) is 6.42 Å². The van der Waals surface area contributed by atoms with E-state index in [1.54, 1.807) is 6.92 Å². The maximum Gasteiger partial charge on any atom is 0.130 e. The molecule has 0 aromatic carbocycles. The highest BCUT2D eigenvalue weighted by Gasteiger charge is 2.50. The Bertz CT molecular complexity index is 388. The first kappa shape index (κ1) is 17.2. The van der Waals surface area contributed by atoms with Crippen molar-refractivity contribution in [1.29, 1.82) is 0 Å². The number of ether oxygens (including phenoxy) is 1. The van der Waals surface area contributed by atoms with E-state index >= 15 is 0 Å². The van der Waals surface area contributed by atoms with Crippen LogP contribution in [0.5, 0.6) is 0 Å². The van der Waals surface area contributed by atoms with Gasteiger partial charge in [-0.05, 0) is 66.7 Å². The molecule has 0 amide bonds. The number of rotatable bonds is 9. The van der Waals surface area contributed by atoms with E-state index in [1.807, 2.05) is 0 Å². The minimum Gasteiger partial charge on any atom is -0.366 e. The van der Waals surface area contributed by atoms with Crippen LogP contribution in [0.1, 0.15) is 73.1 Å². The van der Waals surface area contributed by atoms with Gasteiger partial charge in [-0.25, -0.2) is 0 Å². The van der Waals surface area contributed by atoms with Crippen LogP contribution in [0.15, 0.2) is 23.3 Å². The van der Waals surface area contributed by atoms with E-state index in [2.05, 4.69) is 39.8 Å². The van der Waals surface area contributed by atoms with Gasteiger partial charge in [0.05, 0.1) is 11.7 Å². The number of carbonyl (C=O) groups is 1. The third-order valence-electron chi connectivity index (χ3n) is 4.02. The highest BCUT2D eigenvalue weighted by Crippen LogP contribution is 2.43. The molecule has 1 fully saturated rings. The third kappa shape index (κ3) is 6.51. The molecule has 1 heterocycles. The van der Waals surface area contributed by atoms with Crippen LogP contribution in [0.2, 0.25) is 0 Å². The van der Waals surface area contributed by atoms with Crippen molar-refractivity contribution < 1.29 is 9.53 Å². The largest absolute Gasteiger partial charge is 0.366 e. The molecule has 0 aromatic heterocycles. The van der Waals surface area contributed by atoms with Crippen LogP contribution in [-0.4, -0.2) is 17.5 Å². The first-order chi connectivity index (χ1) is 9.33. The number of carbonyl (C=O) groups excluding carboxylic acids is 1. The fourth-order valence-corrected chi connectivity index (χ4v) is 2.51. The van der Waals surface area contributed by atoms with Crippen molar-refractivity contribution in [2.45, 2.75) is 84.8 Å². The molecule has 1 aliphatic rings. The van der Waals surface area contributed by atoms with Crippen LogP contribution in [0.3, 0.4) is 0 Å². The number of epoxide rings is 1. The first-order valence-electron chi connectivity index (χ1n) is 7.80. The van der Waals surface area contributed by atoms with Crippen LogP contribution in [-0.2, 0) is 9.53 Å². The standard InChI is InChI=1S/C18H30O2/c1-14(2)8-7-13-18(5)17(20-18)12-11-15(3)9-6-10-16(4)19/h8-9,17H,6-7,10-13H2,1-5H3/b15-9+/t17-,18-/m1/s1. The lowest BCUT2D eigenvalue weighted by atomic mass is 9.96. The fraction of sp³-hybridized carbons (Fsp3) is 0.722. The molecule has 1 saturated heterocycles. The van der Waals surface area contributed by atoms with Gasteiger partial charge in [0.1, 0.15) is 5.78 Å². The van der Waals surface area contributed by atoms with Crippen molar-refractivity contribution in [3.05, 3.63) is 23.3 Å². The SMILES string of the molecule is CC(=O)CC/C=C(\C)CC[C@H]1O[C@]1(C)CCC=C(C)C. The normalized spacial score (nSPS) is 25.4. The zero-order valence-electron chi connectivity index (χ0n) is 13.8. The van der Waals surface area contributed by atoms with E-state index in [9.17, 15) is 4.79 Å². The minimum absolute atomic E-state index is 0.103. The summed E-state index contributed by atoms with van der Waals surface area (Å²) in [5, 5.41) is 0. The van der Waals surface area contributed by atoms with Gasteiger partial charge in [-0.1, -0.05) is 23.3 Å². The zero-order valence-corrected chi connectivity index (χ0v) is 13.8. The number of allylic oxidation sites excluding steroid dienone is 4. The van der Waals surface area contributed by atoms with Crippen LogP contribution in [0.4, 0.5) is 0 Å². The van der Waals surface area contributed by atoms with E-state index < -0.39 is 0 Å². The lowest BCUT2D eigenvalue weighted by Gasteiger charge is -2.05. The van der Waals surface area contributed by atoms with Gasteiger partial charge in [-0.15, -0.1) is 0 Å². The molecule has 0 saturated carbocycles. The molecule has 20 heavy (non-hydrogen) atoms. The van der Waals surface area contributed by atoms with Gasteiger partial charge in [0.15, 0.2) is 0 Å². The Balaban J connectivity index is 2.20. The molecule has 114 valence electrons. The Morgan fingerprint density at radius 1 is 1.10 bits per heavy atom. The maximum absolute atomic E-state index is 10.9. The summed E-state index contributed by atoms with van der Waals surface area (Å²) in [7, 11) is 0. The molecule has 0 aromatic rings. The van der Waals surface area contributed by atoms with Crippen molar-refractivity contribution in [2.75, 3.05) is 0 Å². The van der Waals surface area contributed by atoms with Gasteiger partial charge >= 0.3 is 0 Å². The topological polar surface area (TPSA) is 29.6 Å². The summed E-state index contributed by atoms with van der Waals surface area (Å²) in [5.41, 5.74) is 2.87. The van der Waals surface area contributed by atoms with Crippen molar-refractivity contribution in [3.8, 4) is 0 Å². The fourth-order valence-electron chi connectivity index (χ4n) is 2.51. The molecule has 0 bridgehead atoms. The van der Waals surface area contributed by atoms with Crippen molar-refractivity contribution in [1.82, 2.24) is 0 Å². The molecule has 0 N–H and O–H groups in total. The quantitative estimate of drug-likeness (QED) is 0.439. The maximum atomic E-state index is 10.9. The van der Waals surface area contributed by atoms with E-state index in [0.29, 0.717) is 12.5 Å². The molecule has 0 unspecified atom stereocenters. The molecule has 0 aliphatic carbocycles. The Kier molecular flexibility index (Phi) is 6.67. The van der Waals surface area contributed by atoms with E-state index in [0.717, 1.165) is 32.1 Å². The second-order valence-corrected chi connectivity index (χ2v) is 6.57. The van der Waals surface area contributed by atoms with Crippen LogP contribution < -0.4 is 0 Å². The number of hydrogen-bond donors (Lipinski definition) is 0. The molecular weight excluding hydrogens is 248 g/mol. The predicted molar refractivity (Wildman–Crippen MR) is 84.8 cm³/mol. The first-order valence-corrected chi connectivity index (χ1v) is 7.80. The average molecular weight is 278 g/mol. The Hall–Kier alpha value is -0.890. The Labute approximate surface area is 124 Å². The monoisotopic (exact) mass is 278 g/mol. The second-order valence-electron chi connectivity index (χ2n) is 6.57. The average Bonchev–Trinajstić information content (AvgIpc) is 2.96. The number of hydrogen-bond acceptors (Lipinski definition) is 2. The van der Waals surface area contributed by atoms with Gasteiger partial charge < -0.3 is 9.53 Å². The van der Waals surface area contributed by atoms with Gasteiger partial charge in [0.25, 0.3) is 0 Å². The lowest BCUT2D eigenvalue weighted by Crippen LogP contribution is -2.09. The third-order valence-corrected chi connectivity index (χ3v) is 4.02. The molecule has 2 heteroatoms. The molecular formula is C18H30O2. The summed E-state index contributed by atoms with van der Waals surface area (Å²) in [4.78, 5) is 10.9.